The summed E-state index contributed by atoms with van der Waals surface area (Å²) in [5.74, 6) is -1.15. The molecule has 0 aliphatic carbocycles. The van der Waals surface area contributed by atoms with E-state index in [4.69, 9.17) is 10.2 Å². The first-order valence-corrected chi connectivity index (χ1v) is 6.87. The number of carboxylic acids is 1. The number of sulfonamides is 1. The van der Waals surface area contributed by atoms with Crippen molar-refractivity contribution in [1.82, 2.24) is 4.98 Å². The minimum Gasteiger partial charge on any atom is -0.481 e. The van der Waals surface area contributed by atoms with E-state index in [1.807, 2.05) is 0 Å². The predicted octanol–water partition coefficient (Wildman–Crippen LogP) is -0.529. The Morgan fingerprint density at radius 2 is 2.31 bits per heavy atom. The van der Waals surface area contributed by atoms with Crippen LogP contribution in [-0.2, 0) is 21.2 Å². The summed E-state index contributed by atoms with van der Waals surface area (Å²) in [5.41, 5.74) is 0.440. The Labute approximate surface area is 96.4 Å². The summed E-state index contributed by atoms with van der Waals surface area (Å²) in [4.78, 5) is 14.3. The van der Waals surface area contributed by atoms with Gasteiger partial charge in [0.25, 0.3) is 0 Å². The van der Waals surface area contributed by atoms with Crippen LogP contribution in [0.5, 0.6) is 0 Å². The van der Waals surface area contributed by atoms with Gasteiger partial charge in [0.1, 0.15) is 0 Å². The summed E-state index contributed by atoms with van der Waals surface area (Å²) in [7, 11) is -3.49. The standard InChI is InChI=1S/C7H11N3O4S2/c8-16(13,14)2-1-9-7-10-5(4-15-7)3-6(11)12/h4H,1-3H2,(H,9,10)(H,11,12)(H2,8,13,14). The highest BCUT2D eigenvalue weighted by Gasteiger charge is 2.07. The number of hydrogen-bond acceptors (Lipinski definition) is 6. The molecule has 1 aromatic heterocycles. The zero-order valence-corrected chi connectivity index (χ0v) is 9.84. The molecule has 1 rings (SSSR count). The van der Waals surface area contributed by atoms with Crippen LogP contribution in [0.15, 0.2) is 5.38 Å². The number of primary sulfonamides is 1. The van der Waals surface area contributed by atoms with Gasteiger partial charge in [-0.1, -0.05) is 0 Å². The Morgan fingerprint density at radius 3 is 2.88 bits per heavy atom. The number of aromatic nitrogens is 1. The molecule has 0 saturated carbocycles. The molecule has 0 saturated heterocycles. The number of hydrogen-bond donors (Lipinski definition) is 3. The number of anilines is 1. The van der Waals surface area contributed by atoms with Crippen molar-refractivity contribution in [2.24, 2.45) is 5.14 Å². The third-order valence-electron chi connectivity index (χ3n) is 1.55. The first-order valence-electron chi connectivity index (χ1n) is 4.27. The predicted molar refractivity (Wildman–Crippen MR) is 59.9 cm³/mol. The van der Waals surface area contributed by atoms with E-state index in [0.29, 0.717) is 10.8 Å². The maximum atomic E-state index is 10.6. The van der Waals surface area contributed by atoms with E-state index in [9.17, 15) is 13.2 Å². The lowest BCUT2D eigenvalue weighted by molar-refractivity contribution is -0.136. The maximum Gasteiger partial charge on any atom is 0.309 e. The molecule has 0 aliphatic rings. The Bertz CT molecular complexity index is 468. The highest BCUT2D eigenvalue weighted by Crippen LogP contribution is 2.15. The third kappa shape index (κ3) is 5.05. The molecule has 9 heteroatoms. The first kappa shape index (κ1) is 12.9. The summed E-state index contributed by atoms with van der Waals surface area (Å²) < 4.78 is 21.2. The van der Waals surface area contributed by atoms with Gasteiger partial charge in [0.2, 0.25) is 10.0 Å². The van der Waals surface area contributed by atoms with Crippen LogP contribution in [0.3, 0.4) is 0 Å². The first-order chi connectivity index (χ1) is 7.37. The van der Waals surface area contributed by atoms with Crippen LogP contribution in [-0.4, -0.2) is 36.8 Å². The van der Waals surface area contributed by atoms with E-state index in [2.05, 4.69) is 10.3 Å². The van der Waals surface area contributed by atoms with Crippen molar-refractivity contribution in [2.75, 3.05) is 17.6 Å². The Balaban J connectivity index is 2.43. The SMILES string of the molecule is NS(=O)(=O)CCNc1nc(CC(=O)O)cs1. The second kappa shape index (κ2) is 5.23. The number of nitrogens with two attached hydrogens (primary N) is 1. The fourth-order valence-corrected chi connectivity index (χ4v) is 2.05. The molecular formula is C7H11N3O4S2. The second-order valence-corrected chi connectivity index (χ2v) is 5.60. The number of thiazole rings is 1. The number of nitrogens with one attached hydrogen (secondary N) is 1. The third-order valence-corrected chi connectivity index (χ3v) is 3.17. The molecule has 16 heavy (non-hydrogen) atoms. The van der Waals surface area contributed by atoms with Gasteiger partial charge >= 0.3 is 5.97 Å². The van der Waals surface area contributed by atoms with Crippen LogP contribution in [0.2, 0.25) is 0 Å². The largest absolute Gasteiger partial charge is 0.481 e. The summed E-state index contributed by atoms with van der Waals surface area (Å²) in [6.07, 6.45) is -0.145. The van der Waals surface area contributed by atoms with Crippen LogP contribution in [0, 0.1) is 0 Å². The lowest BCUT2D eigenvalue weighted by Crippen LogP contribution is -2.22. The fraction of sp³-hybridized carbons (Fsp3) is 0.429. The molecule has 1 aromatic rings. The average Bonchev–Trinajstić information content (AvgIpc) is 2.49. The molecule has 0 aromatic carbocycles. The molecule has 90 valence electrons. The van der Waals surface area contributed by atoms with Gasteiger partial charge < -0.3 is 10.4 Å². The van der Waals surface area contributed by atoms with Gasteiger partial charge in [0.05, 0.1) is 17.9 Å². The minimum atomic E-state index is -3.49. The molecule has 0 atom stereocenters. The maximum absolute atomic E-state index is 10.6. The summed E-state index contributed by atoms with van der Waals surface area (Å²) >= 11 is 1.22. The van der Waals surface area contributed by atoms with E-state index in [0.717, 1.165) is 0 Å². The van der Waals surface area contributed by atoms with Crippen molar-refractivity contribution in [2.45, 2.75) is 6.42 Å². The fourth-order valence-electron chi connectivity index (χ4n) is 0.925. The summed E-state index contributed by atoms with van der Waals surface area (Å²) in [6.45, 7) is 0.152. The molecule has 7 nitrogen and oxygen atoms in total. The van der Waals surface area contributed by atoms with E-state index < -0.39 is 16.0 Å². The van der Waals surface area contributed by atoms with Crippen LogP contribution < -0.4 is 10.5 Å². The van der Waals surface area contributed by atoms with Crippen LogP contribution in [0.1, 0.15) is 5.69 Å². The van der Waals surface area contributed by atoms with Gasteiger partial charge in [0, 0.05) is 11.9 Å². The molecule has 1 heterocycles. The van der Waals surface area contributed by atoms with Crippen LogP contribution in [0.25, 0.3) is 0 Å². The Kier molecular flexibility index (Phi) is 4.21. The van der Waals surface area contributed by atoms with Crippen molar-refractivity contribution in [3.8, 4) is 0 Å². The summed E-state index contributed by atoms with van der Waals surface area (Å²) in [6, 6.07) is 0. The molecule has 0 bridgehead atoms. The monoisotopic (exact) mass is 265 g/mol. The number of carboxylic acid groups (broad SMARTS) is 1. The lowest BCUT2D eigenvalue weighted by Gasteiger charge is -1.99. The van der Waals surface area contributed by atoms with E-state index in [-0.39, 0.29) is 18.7 Å². The van der Waals surface area contributed by atoms with Gasteiger partial charge in [-0.15, -0.1) is 11.3 Å². The zero-order chi connectivity index (χ0) is 12.2. The topological polar surface area (TPSA) is 122 Å². The molecular weight excluding hydrogens is 254 g/mol. The average molecular weight is 265 g/mol. The van der Waals surface area contributed by atoms with Crippen molar-refractivity contribution >= 4 is 32.5 Å². The molecule has 0 amide bonds. The molecule has 0 aliphatic heterocycles. The van der Waals surface area contributed by atoms with Gasteiger partial charge in [-0.25, -0.2) is 18.5 Å². The normalized spacial score (nSPS) is 11.3. The van der Waals surface area contributed by atoms with Crippen molar-refractivity contribution in [1.29, 1.82) is 0 Å². The smallest absolute Gasteiger partial charge is 0.309 e. The number of rotatable bonds is 6. The van der Waals surface area contributed by atoms with Crippen molar-refractivity contribution in [3.05, 3.63) is 11.1 Å². The lowest BCUT2D eigenvalue weighted by atomic mass is 10.3. The van der Waals surface area contributed by atoms with Crippen LogP contribution in [0.4, 0.5) is 5.13 Å². The Hall–Kier alpha value is -1.19. The van der Waals surface area contributed by atoms with E-state index in [1.54, 1.807) is 5.38 Å². The zero-order valence-electron chi connectivity index (χ0n) is 8.21. The van der Waals surface area contributed by atoms with Gasteiger partial charge in [-0.2, -0.15) is 0 Å². The van der Waals surface area contributed by atoms with Gasteiger partial charge in [-0.3, -0.25) is 4.79 Å². The molecule has 0 spiro atoms. The Morgan fingerprint density at radius 1 is 1.62 bits per heavy atom. The summed E-state index contributed by atoms with van der Waals surface area (Å²) in [5, 5.41) is 18.2. The minimum absolute atomic E-state index is 0.145. The highest BCUT2D eigenvalue weighted by atomic mass is 32.2. The van der Waals surface area contributed by atoms with Gasteiger partial charge in [0.15, 0.2) is 5.13 Å². The van der Waals surface area contributed by atoms with Crippen LogP contribution >= 0.6 is 11.3 Å². The highest BCUT2D eigenvalue weighted by molar-refractivity contribution is 7.89. The second-order valence-electron chi connectivity index (χ2n) is 3.01. The number of aliphatic carboxylic acids is 1. The van der Waals surface area contributed by atoms with Crippen molar-refractivity contribution in [3.63, 3.8) is 0 Å². The molecule has 4 N–H and O–H groups in total. The number of carbonyl (C=O) groups is 1. The number of nitrogens with zero attached hydrogens (tertiary/aromatic N) is 1. The quantitative estimate of drug-likeness (QED) is 0.635. The molecule has 0 radical (unpaired) electrons. The van der Waals surface area contributed by atoms with Gasteiger partial charge in [-0.05, 0) is 0 Å². The molecule has 0 unspecified atom stereocenters. The van der Waals surface area contributed by atoms with Crippen molar-refractivity contribution < 1.29 is 18.3 Å². The van der Waals surface area contributed by atoms with E-state index >= 15 is 0 Å². The molecule has 0 fully saturated rings. The van der Waals surface area contributed by atoms with E-state index in [1.165, 1.54) is 11.3 Å².